The lowest BCUT2D eigenvalue weighted by Crippen LogP contribution is -2.56. The van der Waals surface area contributed by atoms with Gasteiger partial charge in [0, 0.05) is 26.1 Å². The van der Waals surface area contributed by atoms with E-state index < -0.39 is 21.5 Å². The Bertz CT molecular complexity index is 1160. The minimum absolute atomic E-state index is 0.0466. The summed E-state index contributed by atoms with van der Waals surface area (Å²) < 4.78 is 47.1. The highest BCUT2D eigenvalue weighted by Gasteiger charge is 2.51. The minimum atomic E-state index is -4.22. The molecule has 1 heterocycles. The molecule has 8 nitrogen and oxygen atoms in total. The summed E-state index contributed by atoms with van der Waals surface area (Å²) in [6.07, 6.45) is 1.47. The van der Waals surface area contributed by atoms with Gasteiger partial charge in [0.15, 0.2) is 0 Å². The number of aliphatic carboxylic acids is 1. The van der Waals surface area contributed by atoms with Gasteiger partial charge in [0.2, 0.25) is 15.9 Å². The van der Waals surface area contributed by atoms with Crippen LogP contribution in [0.25, 0.3) is 11.1 Å². The van der Waals surface area contributed by atoms with Crippen LogP contribution in [-0.4, -0.2) is 73.0 Å². The molecular formula is C25H29FN2O6S. The molecule has 1 aliphatic heterocycles. The third kappa shape index (κ3) is 5.24. The number of carbonyl (C=O) groups excluding carboxylic acids is 1. The predicted octanol–water partition coefficient (Wildman–Crippen LogP) is 3.13. The van der Waals surface area contributed by atoms with Crippen molar-refractivity contribution in [3.05, 3.63) is 54.3 Å². The molecule has 4 rings (SSSR count). The fourth-order valence-corrected chi connectivity index (χ4v) is 6.64. The maximum atomic E-state index is 13.8. The Hall–Kier alpha value is -2.82. The molecule has 0 spiro atoms. The largest absolute Gasteiger partial charge is 0.480 e. The smallest absolute Gasteiger partial charge is 0.325 e. The standard InChI is InChI=1S/C25H29FN2O6S/c26-21-7-3-19(4-8-21)20-5-9-22(10-6-20)35(32,33)28(25(24(30)31)12-1-2-13-25)14-11-23(29)27-15-17-34-18-16-27/h3-10H,1-2,11-18H2,(H,30,31). The maximum Gasteiger partial charge on any atom is 0.325 e. The molecule has 10 heteroatoms. The summed E-state index contributed by atoms with van der Waals surface area (Å²) in [7, 11) is -4.22. The average molecular weight is 505 g/mol. The molecule has 0 bridgehead atoms. The van der Waals surface area contributed by atoms with Crippen molar-refractivity contribution < 1.29 is 32.2 Å². The van der Waals surface area contributed by atoms with E-state index in [1.807, 2.05) is 0 Å². The summed E-state index contributed by atoms with van der Waals surface area (Å²) in [5.41, 5.74) is -0.160. The number of rotatable bonds is 8. The summed E-state index contributed by atoms with van der Waals surface area (Å²) in [5, 5.41) is 10.1. The van der Waals surface area contributed by atoms with Gasteiger partial charge < -0.3 is 14.7 Å². The van der Waals surface area contributed by atoms with E-state index in [4.69, 9.17) is 4.74 Å². The number of hydrogen-bond donors (Lipinski definition) is 1. The first kappa shape index (κ1) is 25.3. The molecule has 2 aliphatic rings. The van der Waals surface area contributed by atoms with E-state index in [-0.39, 0.29) is 42.4 Å². The van der Waals surface area contributed by atoms with Crippen LogP contribution in [0, 0.1) is 5.82 Å². The number of carboxylic acid groups (broad SMARTS) is 1. The van der Waals surface area contributed by atoms with Crippen molar-refractivity contribution in [1.82, 2.24) is 9.21 Å². The number of carboxylic acids is 1. The second kappa shape index (κ2) is 10.4. The number of morpholine rings is 1. The van der Waals surface area contributed by atoms with Crippen molar-refractivity contribution in [3.8, 4) is 11.1 Å². The number of sulfonamides is 1. The molecule has 0 unspecified atom stereocenters. The SMILES string of the molecule is O=C(CCN(C1(C(=O)O)CCCC1)S(=O)(=O)c1ccc(-c2ccc(F)cc2)cc1)N1CCOCC1. The molecular weight excluding hydrogens is 475 g/mol. The van der Waals surface area contributed by atoms with Crippen LogP contribution >= 0.6 is 0 Å². The number of ether oxygens (including phenoxy) is 1. The van der Waals surface area contributed by atoms with E-state index in [9.17, 15) is 27.5 Å². The molecule has 0 radical (unpaired) electrons. The number of benzene rings is 2. The number of amides is 1. The molecule has 35 heavy (non-hydrogen) atoms. The number of halogens is 1. The van der Waals surface area contributed by atoms with Crippen LogP contribution < -0.4 is 0 Å². The first-order valence-electron chi connectivity index (χ1n) is 11.7. The predicted molar refractivity (Wildman–Crippen MR) is 127 cm³/mol. The van der Waals surface area contributed by atoms with Gasteiger partial charge in [-0.25, -0.2) is 12.8 Å². The summed E-state index contributed by atoms with van der Waals surface area (Å²) >= 11 is 0. The van der Waals surface area contributed by atoms with Crippen LogP contribution in [0.15, 0.2) is 53.4 Å². The van der Waals surface area contributed by atoms with Crippen molar-refractivity contribution in [2.24, 2.45) is 0 Å². The fraction of sp³-hybridized carbons (Fsp3) is 0.440. The van der Waals surface area contributed by atoms with Crippen molar-refractivity contribution in [2.45, 2.75) is 42.5 Å². The lowest BCUT2D eigenvalue weighted by molar-refractivity contribution is -0.149. The Balaban J connectivity index is 1.62. The van der Waals surface area contributed by atoms with Crippen LogP contribution in [0.1, 0.15) is 32.1 Å². The molecule has 1 saturated carbocycles. The highest BCUT2D eigenvalue weighted by molar-refractivity contribution is 7.89. The number of nitrogens with zero attached hydrogens (tertiary/aromatic N) is 2. The Labute approximate surface area is 204 Å². The molecule has 2 aromatic carbocycles. The Morgan fingerprint density at radius 3 is 2.06 bits per heavy atom. The third-order valence-corrected chi connectivity index (χ3v) is 8.80. The zero-order chi connectivity index (χ0) is 25.1. The normalized spacial score (nSPS) is 18.1. The Morgan fingerprint density at radius 2 is 1.51 bits per heavy atom. The molecule has 1 amide bonds. The van der Waals surface area contributed by atoms with E-state index in [0.717, 1.165) is 9.87 Å². The van der Waals surface area contributed by atoms with Gasteiger partial charge in [-0.15, -0.1) is 0 Å². The highest BCUT2D eigenvalue weighted by atomic mass is 32.2. The van der Waals surface area contributed by atoms with Crippen molar-refractivity contribution >= 4 is 21.9 Å². The Kier molecular flexibility index (Phi) is 7.53. The van der Waals surface area contributed by atoms with Gasteiger partial charge in [-0.05, 0) is 48.2 Å². The monoisotopic (exact) mass is 504 g/mol. The first-order valence-corrected chi connectivity index (χ1v) is 13.2. The van der Waals surface area contributed by atoms with Crippen LogP contribution in [0.3, 0.4) is 0 Å². The fourth-order valence-electron chi connectivity index (χ4n) is 4.85. The summed E-state index contributed by atoms with van der Waals surface area (Å²) in [5.74, 6) is -1.79. The number of carbonyl (C=O) groups is 2. The molecule has 1 saturated heterocycles. The molecule has 1 N–H and O–H groups in total. The van der Waals surface area contributed by atoms with E-state index in [1.54, 1.807) is 29.2 Å². The zero-order valence-electron chi connectivity index (χ0n) is 19.4. The second-order valence-corrected chi connectivity index (χ2v) is 10.8. The molecule has 188 valence electrons. The Morgan fingerprint density at radius 1 is 0.971 bits per heavy atom. The summed E-state index contributed by atoms with van der Waals surface area (Å²) in [6, 6.07) is 11.9. The first-order chi connectivity index (χ1) is 16.7. The van der Waals surface area contributed by atoms with Gasteiger partial charge in [0.05, 0.1) is 18.1 Å². The molecule has 0 aromatic heterocycles. The van der Waals surface area contributed by atoms with Crippen LogP contribution in [0.4, 0.5) is 4.39 Å². The van der Waals surface area contributed by atoms with Crippen LogP contribution in [-0.2, 0) is 24.3 Å². The van der Waals surface area contributed by atoms with Gasteiger partial charge in [0.1, 0.15) is 11.4 Å². The molecule has 0 atom stereocenters. The van der Waals surface area contributed by atoms with Crippen molar-refractivity contribution in [3.63, 3.8) is 0 Å². The summed E-state index contributed by atoms with van der Waals surface area (Å²) in [4.78, 5) is 26.7. The zero-order valence-corrected chi connectivity index (χ0v) is 20.2. The van der Waals surface area contributed by atoms with Gasteiger partial charge in [-0.1, -0.05) is 37.1 Å². The van der Waals surface area contributed by atoms with Gasteiger partial charge in [-0.2, -0.15) is 4.31 Å². The molecule has 1 aliphatic carbocycles. The molecule has 2 aromatic rings. The number of hydrogen-bond acceptors (Lipinski definition) is 5. The highest BCUT2D eigenvalue weighted by Crippen LogP contribution is 2.39. The van der Waals surface area contributed by atoms with Crippen molar-refractivity contribution in [1.29, 1.82) is 0 Å². The quantitative estimate of drug-likeness (QED) is 0.592. The van der Waals surface area contributed by atoms with E-state index >= 15 is 0 Å². The van der Waals surface area contributed by atoms with Gasteiger partial charge >= 0.3 is 5.97 Å². The van der Waals surface area contributed by atoms with E-state index in [2.05, 4.69) is 0 Å². The van der Waals surface area contributed by atoms with Crippen LogP contribution in [0.2, 0.25) is 0 Å². The molecule has 2 fully saturated rings. The van der Waals surface area contributed by atoms with Crippen molar-refractivity contribution in [2.75, 3.05) is 32.8 Å². The average Bonchev–Trinajstić information content (AvgIpc) is 3.36. The van der Waals surface area contributed by atoms with E-state index in [1.165, 1.54) is 24.3 Å². The third-order valence-electron chi connectivity index (χ3n) is 6.82. The summed E-state index contributed by atoms with van der Waals surface area (Å²) in [6.45, 7) is 1.49. The van der Waals surface area contributed by atoms with Gasteiger partial charge in [-0.3, -0.25) is 9.59 Å². The minimum Gasteiger partial charge on any atom is -0.480 e. The lowest BCUT2D eigenvalue weighted by atomic mass is 9.97. The lowest BCUT2D eigenvalue weighted by Gasteiger charge is -2.37. The van der Waals surface area contributed by atoms with Crippen LogP contribution in [0.5, 0.6) is 0 Å². The van der Waals surface area contributed by atoms with Gasteiger partial charge in [0.25, 0.3) is 0 Å². The maximum absolute atomic E-state index is 13.8. The second-order valence-electron chi connectivity index (χ2n) is 8.90. The topological polar surface area (TPSA) is 104 Å². The van der Waals surface area contributed by atoms with E-state index in [0.29, 0.717) is 44.7 Å².